The lowest BCUT2D eigenvalue weighted by atomic mass is 10.1. The Balaban J connectivity index is 1.82. The lowest BCUT2D eigenvalue weighted by Crippen LogP contribution is -2.45. The number of H-pyrrole nitrogens is 1. The first-order valence-corrected chi connectivity index (χ1v) is 6.47. The first-order chi connectivity index (χ1) is 9.24. The molecule has 4 nitrogen and oxygen atoms in total. The minimum absolute atomic E-state index is 0.0405. The molecule has 0 saturated carbocycles. The van der Waals surface area contributed by atoms with Crippen molar-refractivity contribution >= 4 is 16.7 Å². The maximum atomic E-state index is 13.3. The van der Waals surface area contributed by atoms with Gasteiger partial charge in [0.1, 0.15) is 5.82 Å². The van der Waals surface area contributed by atoms with Gasteiger partial charge in [0.15, 0.2) is 5.78 Å². The molecular formula is C14H16FN3O. The maximum absolute atomic E-state index is 13.3. The largest absolute Gasteiger partial charge is 0.360 e. The van der Waals surface area contributed by atoms with Crippen LogP contribution in [0.5, 0.6) is 0 Å². The monoisotopic (exact) mass is 261 g/mol. The lowest BCUT2D eigenvalue weighted by Gasteiger charge is -2.26. The number of hydrogen-bond donors (Lipinski definition) is 2. The summed E-state index contributed by atoms with van der Waals surface area (Å²) in [6.45, 7) is 3.97. The molecule has 3 rings (SSSR count). The number of halogens is 1. The zero-order chi connectivity index (χ0) is 13.2. The number of nitrogens with zero attached hydrogens (tertiary/aromatic N) is 1. The molecule has 1 saturated heterocycles. The average Bonchev–Trinajstić information content (AvgIpc) is 2.82. The molecule has 1 fully saturated rings. The van der Waals surface area contributed by atoms with Crippen molar-refractivity contribution in [3.8, 4) is 0 Å². The zero-order valence-electron chi connectivity index (χ0n) is 10.6. The van der Waals surface area contributed by atoms with Gasteiger partial charge < -0.3 is 10.3 Å². The number of aromatic amines is 1. The van der Waals surface area contributed by atoms with Crippen molar-refractivity contribution in [2.75, 3.05) is 32.7 Å². The Bertz CT molecular complexity index is 602. The lowest BCUT2D eigenvalue weighted by molar-refractivity contribution is 0.0923. The van der Waals surface area contributed by atoms with Gasteiger partial charge in [-0.2, -0.15) is 0 Å². The molecule has 0 spiro atoms. The fraction of sp³-hybridized carbons (Fsp3) is 0.357. The fourth-order valence-corrected chi connectivity index (χ4v) is 2.48. The van der Waals surface area contributed by atoms with Gasteiger partial charge in [-0.15, -0.1) is 0 Å². The second kappa shape index (κ2) is 5.11. The predicted octanol–water partition coefficient (Wildman–Crippen LogP) is 1.39. The highest BCUT2D eigenvalue weighted by Crippen LogP contribution is 2.20. The van der Waals surface area contributed by atoms with Crippen molar-refractivity contribution in [1.29, 1.82) is 0 Å². The summed E-state index contributed by atoms with van der Waals surface area (Å²) in [5.41, 5.74) is 1.37. The summed E-state index contributed by atoms with van der Waals surface area (Å²) in [6, 6.07) is 4.46. The van der Waals surface area contributed by atoms with Crippen LogP contribution in [-0.2, 0) is 0 Å². The van der Waals surface area contributed by atoms with Crippen LogP contribution in [0.25, 0.3) is 10.9 Å². The van der Waals surface area contributed by atoms with Gasteiger partial charge in [-0.1, -0.05) is 0 Å². The van der Waals surface area contributed by atoms with Gasteiger partial charge >= 0.3 is 0 Å². The number of Topliss-reactive ketones (excluding diaryl/α,β-unsaturated/α-hetero) is 1. The molecule has 0 unspecified atom stereocenters. The van der Waals surface area contributed by atoms with Crippen molar-refractivity contribution in [2.45, 2.75) is 0 Å². The molecule has 5 heteroatoms. The van der Waals surface area contributed by atoms with Gasteiger partial charge in [0.25, 0.3) is 0 Å². The molecule has 2 aromatic rings. The van der Waals surface area contributed by atoms with E-state index >= 15 is 0 Å². The molecule has 0 radical (unpaired) electrons. The van der Waals surface area contributed by atoms with E-state index in [1.807, 2.05) is 0 Å². The third-order valence-corrected chi connectivity index (χ3v) is 3.52. The molecule has 0 aliphatic carbocycles. The SMILES string of the molecule is O=C(CN1CCNCC1)c1c[nH]c2ccc(F)cc12. The Morgan fingerprint density at radius 1 is 1.32 bits per heavy atom. The number of carbonyl (C=O) groups excluding carboxylic acids is 1. The molecule has 0 atom stereocenters. The molecule has 0 bridgehead atoms. The summed E-state index contributed by atoms with van der Waals surface area (Å²) in [6.07, 6.45) is 1.68. The standard InChI is InChI=1S/C14H16FN3O/c15-10-1-2-13-11(7-10)12(8-17-13)14(19)9-18-5-3-16-4-6-18/h1-2,7-8,16-17H,3-6,9H2. The Kier molecular flexibility index (Phi) is 3.31. The van der Waals surface area contributed by atoms with E-state index in [0.717, 1.165) is 31.7 Å². The number of piperazine rings is 1. The number of hydrogen-bond acceptors (Lipinski definition) is 3. The Hall–Kier alpha value is -1.72. The molecule has 2 N–H and O–H groups in total. The van der Waals surface area contributed by atoms with E-state index in [1.54, 1.807) is 12.3 Å². The summed E-state index contributed by atoms with van der Waals surface area (Å²) in [5, 5.41) is 3.92. The molecule has 1 aliphatic heterocycles. The van der Waals surface area contributed by atoms with E-state index in [-0.39, 0.29) is 11.6 Å². The van der Waals surface area contributed by atoms with Gasteiger partial charge in [-0.05, 0) is 18.2 Å². The molecule has 2 heterocycles. The van der Waals surface area contributed by atoms with Crippen LogP contribution in [0.3, 0.4) is 0 Å². The van der Waals surface area contributed by atoms with E-state index in [1.165, 1.54) is 12.1 Å². The van der Waals surface area contributed by atoms with Crippen LogP contribution in [0.1, 0.15) is 10.4 Å². The summed E-state index contributed by atoms with van der Waals surface area (Å²) >= 11 is 0. The van der Waals surface area contributed by atoms with Crippen molar-refractivity contribution < 1.29 is 9.18 Å². The molecule has 1 aromatic carbocycles. The van der Waals surface area contributed by atoms with Crippen molar-refractivity contribution in [1.82, 2.24) is 15.2 Å². The van der Waals surface area contributed by atoms with Crippen molar-refractivity contribution in [2.24, 2.45) is 0 Å². The van der Waals surface area contributed by atoms with Gasteiger partial charge in [-0.3, -0.25) is 9.69 Å². The molecule has 100 valence electrons. The minimum Gasteiger partial charge on any atom is -0.360 e. The first-order valence-electron chi connectivity index (χ1n) is 6.47. The minimum atomic E-state index is -0.316. The summed E-state index contributed by atoms with van der Waals surface area (Å²) < 4.78 is 13.3. The second-order valence-corrected chi connectivity index (χ2v) is 4.84. The third-order valence-electron chi connectivity index (χ3n) is 3.52. The topological polar surface area (TPSA) is 48.1 Å². The summed E-state index contributed by atoms with van der Waals surface area (Å²) in [4.78, 5) is 17.4. The van der Waals surface area contributed by atoms with E-state index in [9.17, 15) is 9.18 Å². The van der Waals surface area contributed by atoms with E-state index in [4.69, 9.17) is 0 Å². The van der Waals surface area contributed by atoms with Crippen molar-refractivity contribution in [3.63, 3.8) is 0 Å². The van der Waals surface area contributed by atoms with Crippen LogP contribution in [0.4, 0.5) is 4.39 Å². The van der Waals surface area contributed by atoms with Gasteiger partial charge in [-0.25, -0.2) is 4.39 Å². The number of aromatic nitrogens is 1. The van der Waals surface area contributed by atoms with Crippen LogP contribution in [-0.4, -0.2) is 48.4 Å². The van der Waals surface area contributed by atoms with Crippen LogP contribution in [0.2, 0.25) is 0 Å². The van der Waals surface area contributed by atoms with E-state index in [2.05, 4.69) is 15.2 Å². The highest BCUT2D eigenvalue weighted by Gasteiger charge is 2.17. The number of ketones is 1. The number of rotatable bonds is 3. The highest BCUT2D eigenvalue weighted by atomic mass is 19.1. The zero-order valence-corrected chi connectivity index (χ0v) is 10.6. The molecule has 1 aromatic heterocycles. The molecule has 19 heavy (non-hydrogen) atoms. The number of carbonyl (C=O) groups is 1. The summed E-state index contributed by atoms with van der Waals surface area (Å²) in [5.74, 6) is -0.276. The van der Waals surface area contributed by atoms with Crippen LogP contribution >= 0.6 is 0 Å². The maximum Gasteiger partial charge on any atom is 0.178 e. The molecule has 0 amide bonds. The summed E-state index contributed by atoms with van der Waals surface area (Å²) in [7, 11) is 0. The Morgan fingerprint density at radius 3 is 2.89 bits per heavy atom. The Morgan fingerprint density at radius 2 is 2.11 bits per heavy atom. The van der Waals surface area contributed by atoms with Crippen molar-refractivity contribution in [3.05, 3.63) is 35.8 Å². The first kappa shape index (κ1) is 12.3. The smallest absolute Gasteiger partial charge is 0.178 e. The number of fused-ring (bicyclic) bond motifs is 1. The predicted molar refractivity (Wildman–Crippen MR) is 71.9 cm³/mol. The third kappa shape index (κ3) is 2.52. The average molecular weight is 261 g/mol. The van der Waals surface area contributed by atoms with Gasteiger partial charge in [0.05, 0.1) is 6.54 Å². The number of benzene rings is 1. The van der Waals surface area contributed by atoms with Crippen LogP contribution in [0, 0.1) is 5.82 Å². The van der Waals surface area contributed by atoms with Crippen LogP contribution < -0.4 is 5.32 Å². The van der Waals surface area contributed by atoms with E-state index < -0.39 is 0 Å². The second-order valence-electron chi connectivity index (χ2n) is 4.84. The van der Waals surface area contributed by atoms with E-state index in [0.29, 0.717) is 17.5 Å². The Labute approximate surface area is 110 Å². The fourth-order valence-electron chi connectivity index (χ4n) is 2.48. The van der Waals surface area contributed by atoms with Gasteiger partial charge in [0.2, 0.25) is 0 Å². The number of nitrogens with one attached hydrogen (secondary N) is 2. The highest BCUT2D eigenvalue weighted by molar-refractivity contribution is 6.08. The normalized spacial score (nSPS) is 16.9. The molecular weight excluding hydrogens is 245 g/mol. The van der Waals surface area contributed by atoms with Crippen LogP contribution in [0.15, 0.2) is 24.4 Å². The quantitative estimate of drug-likeness (QED) is 0.821. The molecule has 1 aliphatic rings. The van der Waals surface area contributed by atoms with Gasteiger partial charge in [0, 0.05) is 48.8 Å².